The molecule has 6 nitrogen and oxygen atoms in total. The molecule has 0 rings (SSSR count). The molecule has 0 N–H and O–H groups in total. The zero-order chi connectivity index (χ0) is 45.8. The van der Waals surface area contributed by atoms with Crippen LogP contribution in [0.1, 0.15) is 290 Å². The standard InChI is InChI=1S/C57H104O6/c1-4-7-10-13-16-19-22-25-28-31-34-37-40-43-46-49-55(58)61-52-54(63-57(60)51-48-45-42-39-36-33-30-27-24-21-18-15-12-9-6-3)53-62-56(59)50-47-44-41-38-35-32-29-26-23-20-17-14-11-8-5-2/h25-26,28-29,36,39,54H,4-24,27,30-35,37-38,40-53H2,1-3H3/b28-25-,29-26-,39-36-. The van der Waals surface area contributed by atoms with Crippen molar-refractivity contribution in [2.75, 3.05) is 13.2 Å². The predicted octanol–water partition coefficient (Wildman–Crippen LogP) is 18.1. The molecule has 0 aliphatic rings. The fourth-order valence-electron chi connectivity index (χ4n) is 7.90. The maximum absolute atomic E-state index is 12.8. The molecule has 0 aliphatic carbocycles. The van der Waals surface area contributed by atoms with Crippen LogP contribution in [0.5, 0.6) is 0 Å². The van der Waals surface area contributed by atoms with E-state index in [0.29, 0.717) is 19.3 Å². The molecule has 368 valence electrons. The maximum Gasteiger partial charge on any atom is 0.306 e. The molecule has 0 spiro atoms. The first-order valence-corrected chi connectivity index (χ1v) is 27.5. The molecule has 0 saturated carbocycles. The molecule has 0 amide bonds. The van der Waals surface area contributed by atoms with Crippen molar-refractivity contribution in [2.24, 2.45) is 0 Å². The van der Waals surface area contributed by atoms with Gasteiger partial charge in [0.25, 0.3) is 0 Å². The summed E-state index contributed by atoms with van der Waals surface area (Å²) in [6.07, 6.45) is 61.3. The van der Waals surface area contributed by atoms with Crippen molar-refractivity contribution in [1.29, 1.82) is 0 Å². The lowest BCUT2D eigenvalue weighted by Crippen LogP contribution is -2.30. The lowest BCUT2D eigenvalue weighted by atomic mass is 10.1. The monoisotopic (exact) mass is 885 g/mol. The minimum Gasteiger partial charge on any atom is -0.462 e. The van der Waals surface area contributed by atoms with Crippen LogP contribution in [0.2, 0.25) is 0 Å². The second kappa shape index (κ2) is 52.3. The topological polar surface area (TPSA) is 78.9 Å². The van der Waals surface area contributed by atoms with Crippen LogP contribution >= 0.6 is 0 Å². The SMILES string of the molecule is CCCCCCCC/C=C\CCCCCCCC(=O)OCC(COC(=O)CCCCCCC/C=C\CCCCCCCC)OC(=O)CCCC/C=C\CCCCCCCCCCC. The van der Waals surface area contributed by atoms with E-state index in [9.17, 15) is 14.4 Å². The van der Waals surface area contributed by atoms with Crippen molar-refractivity contribution in [3.8, 4) is 0 Å². The third kappa shape index (κ3) is 50.5. The molecule has 0 unspecified atom stereocenters. The number of hydrogen-bond donors (Lipinski definition) is 0. The van der Waals surface area contributed by atoms with Crippen LogP contribution in [-0.4, -0.2) is 37.2 Å². The molecule has 6 heteroatoms. The molecule has 0 atom stereocenters. The molecule has 0 aromatic heterocycles. The Hall–Kier alpha value is -2.37. The Morgan fingerprint density at radius 1 is 0.302 bits per heavy atom. The van der Waals surface area contributed by atoms with Gasteiger partial charge in [-0.1, -0.05) is 211 Å². The molecule has 0 bridgehead atoms. The quantitative estimate of drug-likeness (QED) is 0.0262. The van der Waals surface area contributed by atoms with Crippen molar-refractivity contribution in [3.63, 3.8) is 0 Å². The molecular formula is C57H104O6. The van der Waals surface area contributed by atoms with E-state index in [1.807, 2.05) is 0 Å². The van der Waals surface area contributed by atoms with Crippen LogP contribution in [0.4, 0.5) is 0 Å². The van der Waals surface area contributed by atoms with Crippen LogP contribution in [0.25, 0.3) is 0 Å². The van der Waals surface area contributed by atoms with Crippen LogP contribution < -0.4 is 0 Å². The van der Waals surface area contributed by atoms with Gasteiger partial charge in [0.05, 0.1) is 0 Å². The summed E-state index contributed by atoms with van der Waals surface area (Å²) in [6.45, 7) is 6.62. The highest BCUT2D eigenvalue weighted by Gasteiger charge is 2.19. The summed E-state index contributed by atoms with van der Waals surface area (Å²) in [5.74, 6) is -0.912. The van der Waals surface area contributed by atoms with Gasteiger partial charge in [-0.3, -0.25) is 14.4 Å². The van der Waals surface area contributed by atoms with Crippen molar-refractivity contribution in [1.82, 2.24) is 0 Å². The number of rotatable bonds is 50. The van der Waals surface area contributed by atoms with Gasteiger partial charge in [0.2, 0.25) is 0 Å². The van der Waals surface area contributed by atoms with Crippen LogP contribution in [0.15, 0.2) is 36.5 Å². The first-order chi connectivity index (χ1) is 31.0. The van der Waals surface area contributed by atoms with Crippen molar-refractivity contribution in [3.05, 3.63) is 36.5 Å². The van der Waals surface area contributed by atoms with Crippen LogP contribution in [0.3, 0.4) is 0 Å². The zero-order valence-electron chi connectivity index (χ0n) is 42.1. The number of ether oxygens (including phenoxy) is 3. The average molecular weight is 885 g/mol. The number of allylic oxidation sites excluding steroid dienone is 6. The summed E-state index contributed by atoms with van der Waals surface area (Å²) in [5.41, 5.74) is 0. The highest BCUT2D eigenvalue weighted by molar-refractivity contribution is 5.71. The van der Waals surface area contributed by atoms with E-state index in [2.05, 4.69) is 57.2 Å². The molecule has 0 saturated heterocycles. The summed E-state index contributed by atoms with van der Waals surface area (Å²) < 4.78 is 16.8. The van der Waals surface area contributed by atoms with E-state index in [4.69, 9.17) is 14.2 Å². The fraction of sp³-hybridized carbons (Fsp3) is 0.842. The largest absolute Gasteiger partial charge is 0.462 e. The predicted molar refractivity (Wildman–Crippen MR) is 270 cm³/mol. The Labute approximate surface area is 391 Å². The highest BCUT2D eigenvalue weighted by Crippen LogP contribution is 2.15. The van der Waals surface area contributed by atoms with Gasteiger partial charge in [-0.2, -0.15) is 0 Å². The van der Waals surface area contributed by atoms with E-state index >= 15 is 0 Å². The lowest BCUT2D eigenvalue weighted by molar-refractivity contribution is -0.167. The Kier molecular flexibility index (Phi) is 50.3. The Balaban J connectivity index is 4.40. The van der Waals surface area contributed by atoms with Crippen LogP contribution in [0, 0.1) is 0 Å². The summed E-state index contributed by atoms with van der Waals surface area (Å²) in [6, 6.07) is 0. The van der Waals surface area contributed by atoms with Gasteiger partial charge in [0.1, 0.15) is 13.2 Å². The summed E-state index contributed by atoms with van der Waals surface area (Å²) >= 11 is 0. The molecule has 0 heterocycles. The van der Waals surface area contributed by atoms with Gasteiger partial charge in [-0.05, 0) is 96.3 Å². The van der Waals surface area contributed by atoms with E-state index in [1.165, 1.54) is 173 Å². The average Bonchev–Trinajstić information content (AvgIpc) is 3.28. The lowest BCUT2D eigenvalue weighted by Gasteiger charge is -2.18. The minimum atomic E-state index is -0.787. The Bertz CT molecular complexity index is 1010. The van der Waals surface area contributed by atoms with Crippen molar-refractivity contribution >= 4 is 17.9 Å². The van der Waals surface area contributed by atoms with Gasteiger partial charge >= 0.3 is 17.9 Å². The zero-order valence-corrected chi connectivity index (χ0v) is 42.1. The van der Waals surface area contributed by atoms with Crippen molar-refractivity contribution < 1.29 is 28.6 Å². The second-order valence-corrected chi connectivity index (χ2v) is 18.5. The van der Waals surface area contributed by atoms with E-state index in [1.54, 1.807) is 0 Å². The van der Waals surface area contributed by atoms with Gasteiger partial charge in [0, 0.05) is 19.3 Å². The minimum absolute atomic E-state index is 0.0854. The van der Waals surface area contributed by atoms with Gasteiger partial charge < -0.3 is 14.2 Å². The normalized spacial score (nSPS) is 11.8. The summed E-state index contributed by atoms with van der Waals surface area (Å²) in [4.78, 5) is 38.0. The van der Waals surface area contributed by atoms with Crippen LogP contribution in [-0.2, 0) is 28.6 Å². The highest BCUT2D eigenvalue weighted by atomic mass is 16.6. The number of hydrogen-bond acceptors (Lipinski definition) is 6. The molecule has 0 radical (unpaired) electrons. The molecule has 0 aromatic rings. The van der Waals surface area contributed by atoms with E-state index in [-0.39, 0.29) is 31.1 Å². The third-order valence-electron chi connectivity index (χ3n) is 12.1. The molecule has 0 fully saturated rings. The van der Waals surface area contributed by atoms with Gasteiger partial charge in [0.15, 0.2) is 6.10 Å². The Morgan fingerprint density at radius 2 is 0.524 bits per heavy atom. The molecule has 0 aliphatic heterocycles. The smallest absolute Gasteiger partial charge is 0.306 e. The van der Waals surface area contributed by atoms with Gasteiger partial charge in [-0.25, -0.2) is 0 Å². The van der Waals surface area contributed by atoms with Gasteiger partial charge in [-0.15, -0.1) is 0 Å². The van der Waals surface area contributed by atoms with Crippen molar-refractivity contribution in [2.45, 2.75) is 297 Å². The number of esters is 3. The number of carbonyl (C=O) groups excluding carboxylic acids is 3. The molecule has 63 heavy (non-hydrogen) atoms. The summed E-state index contributed by atoms with van der Waals surface area (Å²) in [5, 5.41) is 0. The molecule has 0 aromatic carbocycles. The number of unbranched alkanes of at least 4 members (excludes halogenated alkanes) is 33. The van der Waals surface area contributed by atoms with E-state index in [0.717, 1.165) is 77.0 Å². The maximum atomic E-state index is 12.8. The summed E-state index contributed by atoms with van der Waals surface area (Å²) in [7, 11) is 0. The fourth-order valence-corrected chi connectivity index (χ4v) is 7.90. The Morgan fingerprint density at radius 3 is 0.825 bits per heavy atom. The number of carbonyl (C=O) groups is 3. The first-order valence-electron chi connectivity index (χ1n) is 27.5. The first kappa shape index (κ1) is 60.6. The molecular weight excluding hydrogens is 781 g/mol. The second-order valence-electron chi connectivity index (χ2n) is 18.5. The third-order valence-corrected chi connectivity index (χ3v) is 12.1. The van der Waals surface area contributed by atoms with E-state index < -0.39 is 6.10 Å².